The summed E-state index contributed by atoms with van der Waals surface area (Å²) < 4.78 is 29.1. The molecule has 2 N–H and O–H groups in total. The molecule has 0 spiro atoms. The van der Waals surface area contributed by atoms with E-state index in [4.69, 9.17) is 5.73 Å². The first-order valence-corrected chi connectivity index (χ1v) is 9.71. The smallest absolute Gasteiger partial charge is 0.244 e. The molecule has 1 aromatic rings. The van der Waals surface area contributed by atoms with Gasteiger partial charge in [0.2, 0.25) is 10.0 Å². The Balaban J connectivity index is 1.89. The maximum absolute atomic E-state index is 12.7. The van der Waals surface area contributed by atoms with Gasteiger partial charge >= 0.3 is 0 Å². The van der Waals surface area contributed by atoms with E-state index in [-0.39, 0.29) is 0 Å². The van der Waals surface area contributed by atoms with Gasteiger partial charge in [-0.3, -0.25) is 0 Å². The SMILES string of the molecule is NCc1cc(S(=O)(=O)N2CCCSCC2)cn1C1CC1. The first-order valence-electron chi connectivity index (χ1n) is 7.11. The highest BCUT2D eigenvalue weighted by molar-refractivity contribution is 7.99. The fourth-order valence-electron chi connectivity index (χ4n) is 2.61. The molecule has 1 aromatic heterocycles. The van der Waals surface area contributed by atoms with E-state index in [1.807, 2.05) is 11.8 Å². The van der Waals surface area contributed by atoms with E-state index >= 15 is 0 Å². The number of nitrogens with two attached hydrogens (primary N) is 1. The van der Waals surface area contributed by atoms with Gasteiger partial charge in [0.1, 0.15) is 4.90 Å². The molecule has 5 nitrogen and oxygen atoms in total. The van der Waals surface area contributed by atoms with Crippen LogP contribution in [0.5, 0.6) is 0 Å². The van der Waals surface area contributed by atoms with Crippen molar-refractivity contribution in [1.82, 2.24) is 8.87 Å². The lowest BCUT2D eigenvalue weighted by Gasteiger charge is -2.18. The highest BCUT2D eigenvalue weighted by atomic mass is 32.2. The van der Waals surface area contributed by atoms with Crippen molar-refractivity contribution in [3.05, 3.63) is 18.0 Å². The lowest BCUT2D eigenvalue weighted by Crippen LogP contribution is -2.32. The molecule has 0 aromatic carbocycles. The van der Waals surface area contributed by atoms with Crippen LogP contribution < -0.4 is 5.73 Å². The first kappa shape index (κ1) is 14.4. The monoisotopic (exact) mass is 315 g/mol. The molecule has 1 aliphatic carbocycles. The summed E-state index contributed by atoms with van der Waals surface area (Å²) in [4.78, 5) is 0.414. The van der Waals surface area contributed by atoms with Crippen molar-refractivity contribution in [2.24, 2.45) is 5.73 Å². The Hall–Kier alpha value is -0.500. The van der Waals surface area contributed by atoms with E-state index in [0.29, 0.717) is 30.6 Å². The van der Waals surface area contributed by atoms with Crippen molar-refractivity contribution < 1.29 is 8.42 Å². The lowest BCUT2D eigenvalue weighted by atomic mass is 10.4. The largest absolute Gasteiger partial charge is 0.346 e. The highest BCUT2D eigenvalue weighted by Crippen LogP contribution is 2.37. The molecular weight excluding hydrogens is 294 g/mol. The summed E-state index contributed by atoms with van der Waals surface area (Å²) in [7, 11) is -3.36. The third-order valence-electron chi connectivity index (χ3n) is 3.88. The number of aromatic nitrogens is 1. The predicted molar refractivity (Wildman–Crippen MR) is 81.3 cm³/mol. The topological polar surface area (TPSA) is 68.3 Å². The van der Waals surface area contributed by atoms with E-state index in [0.717, 1.165) is 36.5 Å². The van der Waals surface area contributed by atoms with Gasteiger partial charge in [0.05, 0.1) is 0 Å². The number of rotatable bonds is 4. The second-order valence-corrected chi connectivity index (χ2v) is 8.54. The van der Waals surface area contributed by atoms with Gasteiger partial charge in [0.15, 0.2) is 0 Å². The van der Waals surface area contributed by atoms with Gasteiger partial charge in [0.25, 0.3) is 0 Å². The van der Waals surface area contributed by atoms with Crippen LogP contribution in [0.1, 0.15) is 31.0 Å². The zero-order valence-corrected chi connectivity index (χ0v) is 13.1. The van der Waals surface area contributed by atoms with Crippen LogP contribution >= 0.6 is 11.8 Å². The zero-order chi connectivity index (χ0) is 14.2. The normalized spacial score (nSPS) is 21.9. The molecule has 2 fully saturated rings. The third kappa shape index (κ3) is 2.77. The van der Waals surface area contributed by atoms with Gasteiger partial charge < -0.3 is 10.3 Å². The Labute approximate surface area is 124 Å². The van der Waals surface area contributed by atoms with Crippen LogP contribution in [0.4, 0.5) is 0 Å². The molecule has 2 heterocycles. The fraction of sp³-hybridized carbons (Fsp3) is 0.692. The van der Waals surface area contributed by atoms with Gasteiger partial charge in [-0.25, -0.2) is 8.42 Å². The van der Waals surface area contributed by atoms with Crippen LogP contribution in [0.2, 0.25) is 0 Å². The minimum Gasteiger partial charge on any atom is -0.346 e. The molecule has 0 unspecified atom stereocenters. The van der Waals surface area contributed by atoms with Gasteiger partial charge in [-0.2, -0.15) is 16.1 Å². The number of hydrogen-bond acceptors (Lipinski definition) is 4. The van der Waals surface area contributed by atoms with Gasteiger partial charge in [-0.1, -0.05) is 0 Å². The Morgan fingerprint density at radius 1 is 1.30 bits per heavy atom. The quantitative estimate of drug-likeness (QED) is 0.912. The summed E-state index contributed by atoms with van der Waals surface area (Å²) in [5.41, 5.74) is 6.67. The number of sulfonamides is 1. The number of hydrogen-bond donors (Lipinski definition) is 1. The van der Waals surface area contributed by atoms with Crippen molar-refractivity contribution in [2.75, 3.05) is 24.6 Å². The Morgan fingerprint density at radius 2 is 2.10 bits per heavy atom. The minimum atomic E-state index is -3.36. The molecule has 1 aliphatic heterocycles. The van der Waals surface area contributed by atoms with E-state index in [9.17, 15) is 8.42 Å². The number of nitrogens with zero attached hydrogens (tertiary/aromatic N) is 2. The summed E-state index contributed by atoms with van der Waals surface area (Å²) in [6.07, 6.45) is 4.97. The molecule has 1 saturated heterocycles. The number of thioether (sulfide) groups is 1. The molecule has 0 atom stereocenters. The molecule has 0 bridgehead atoms. The van der Waals surface area contributed by atoms with E-state index in [2.05, 4.69) is 4.57 Å². The predicted octanol–water partition coefficient (Wildman–Crippen LogP) is 1.41. The highest BCUT2D eigenvalue weighted by Gasteiger charge is 2.30. The van der Waals surface area contributed by atoms with E-state index in [1.165, 1.54) is 0 Å². The third-order valence-corrected chi connectivity index (χ3v) is 6.79. The summed E-state index contributed by atoms with van der Waals surface area (Å²) >= 11 is 1.83. The lowest BCUT2D eigenvalue weighted by molar-refractivity contribution is 0.435. The molecule has 0 amide bonds. The first-order chi connectivity index (χ1) is 9.63. The zero-order valence-electron chi connectivity index (χ0n) is 11.5. The molecule has 0 radical (unpaired) electrons. The van der Waals surface area contributed by atoms with E-state index < -0.39 is 10.0 Å². The Morgan fingerprint density at radius 3 is 2.80 bits per heavy atom. The summed E-state index contributed by atoms with van der Waals surface area (Å²) in [6.45, 7) is 1.63. The van der Waals surface area contributed by atoms with Crippen molar-refractivity contribution in [3.8, 4) is 0 Å². The summed E-state index contributed by atoms with van der Waals surface area (Å²) in [6, 6.07) is 2.21. The van der Waals surface area contributed by atoms with Crippen molar-refractivity contribution >= 4 is 21.8 Å². The van der Waals surface area contributed by atoms with Crippen LogP contribution in [-0.2, 0) is 16.6 Å². The fourth-order valence-corrected chi connectivity index (χ4v) is 5.14. The van der Waals surface area contributed by atoms with Crippen LogP contribution in [0, 0.1) is 0 Å². The van der Waals surface area contributed by atoms with Crippen molar-refractivity contribution in [2.45, 2.75) is 36.7 Å². The molecule has 1 saturated carbocycles. The van der Waals surface area contributed by atoms with Gasteiger partial charge in [-0.15, -0.1) is 0 Å². The molecule has 20 heavy (non-hydrogen) atoms. The van der Waals surface area contributed by atoms with Crippen molar-refractivity contribution in [3.63, 3.8) is 0 Å². The average molecular weight is 315 g/mol. The maximum Gasteiger partial charge on any atom is 0.244 e. The van der Waals surface area contributed by atoms with Crippen molar-refractivity contribution in [1.29, 1.82) is 0 Å². The summed E-state index contributed by atoms with van der Waals surface area (Å²) in [5.74, 6) is 1.93. The molecule has 7 heteroatoms. The van der Waals surface area contributed by atoms with Crippen LogP contribution in [0.15, 0.2) is 17.2 Å². The Kier molecular flexibility index (Phi) is 4.12. The maximum atomic E-state index is 12.7. The summed E-state index contributed by atoms with van der Waals surface area (Å²) in [5, 5.41) is 0. The van der Waals surface area contributed by atoms with Crippen LogP contribution in [0.3, 0.4) is 0 Å². The second-order valence-electron chi connectivity index (χ2n) is 5.38. The van der Waals surface area contributed by atoms with Gasteiger partial charge in [0, 0.05) is 43.3 Å². The molecule has 3 rings (SSSR count). The van der Waals surface area contributed by atoms with Crippen LogP contribution in [-0.4, -0.2) is 41.9 Å². The molecular formula is C13H21N3O2S2. The Bertz CT molecular complexity index is 570. The molecule has 112 valence electrons. The van der Waals surface area contributed by atoms with Crippen LogP contribution in [0.25, 0.3) is 0 Å². The van der Waals surface area contributed by atoms with Gasteiger partial charge in [-0.05, 0) is 31.1 Å². The minimum absolute atomic E-state index is 0.391. The average Bonchev–Trinajstić information content (AvgIpc) is 3.22. The second kappa shape index (κ2) is 5.71. The standard InChI is InChI=1S/C13H21N3O2S2/c14-9-12-8-13(10-16(12)11-2-3-11)20(17,18)15-4-1-6-19-7-5-15/h8,10-11H,1-7,9,14H2. The van der Waals surface area contributed by atoms with E-state index in [1.54, 1.807) is 16.6 Å². The molecule has 2 aliphatic rings.